The lowest BCUT2D eigenvalue weighted by Crippen LogP contribution is -2.25. The summed E-state index contributed by atoms with van der Waals surface area (Å²) in [6.45, 7) is 0.483. The normalized spacial score (nSPS) is 11.2. The molecule has 3 N–H and O–H groups in total. The Bertz CT molecular complexity index is 1230. The molecule has 0 unspecified atom stereocenters. The van der Waals surface area contributed by atoms with Crippen molar-refractivity contribution in [2.45, 2.75) is 6.54 Å². The number of carboxylic acid groups (broad SMARTS) is 1. The third kappa shape index (κ3) is 4.07. The number of hydrogen-bond acceptors (Lipinski definition) is 5. The van der Waals surface area contributed by atoms with Crippen LogP contribution in [0.2, 0.25) is 0 Å². The molecular formula is C21H19N5O3. The SMILES string of the molecule is CN(CC(=O)O)Cc1ccc2cc(-c3cc(-c4ccncc4)n[nH]c3=O)[nH]c2c1. The lowest BCUT2D eigenvalue weighted by molar-refractivity contribution is -0.138. The van der Waals surface area contributed by atoms with Crippen molar-refractivity contribution < 1.29 is 9.90 Å². The number of nitrogens with zero attached hydrogens (tertiary/aromatic N) is 3. The standard InChI is InChI=1S/C21H19N5O3/c1-26(12-20(27)28)11-13-2-3-15-9-19(23-17(15)8-13)16-10-18(24-25-21(16)29)14-4-6-22-7-5-14/h2-10,23H,11-12H2,1H3,(H,25,29)(H,27,28). The van der Waals surface area contributed by atoms with E-state index in [0.717, 1.165) is 22.0 Å². The molecule has 3 aromatic heterocycles. The number of pyridine rings is 1. The number of aromatic amines is 2. The zero-order chi connectivity index (χ0) is 20.4. The first-order chi connectivity index (χ1) is 14.0. The van der Waals surface area contributed by atoms with Crippen molar-refractivity contribution in [1.82, 2.24) is 25.1 Å². The third-order valence-electron chi connectivity index (χ3n) is 4.61. The smallest absolute Gasteiger partial charge is 0.317 e. The molecule has 0 bridgehead atoms. The van der Waals surface area contributed by atoms with Gasteiger partial charge in [-0.25, -0.2) is 5.10 Å². The molecule has 8 nitrogen and oxygen atoms in total. The fraction of sp³-hybridized carbons (Fsp3) is 0.143. The van der Waals surface area contributed by atoms with E-state index in [1.165, 1.54) is 0 Å². The van der Waals surface area contributed by atoms with Crippen molar-refractivity contribution in [3.63, 3.8) is 0 Å². The lowest BCUT2D eigenvalue weighted by Gasteiger charge is -2.13. The second-order valence-corrected chi connectivity index (χ2v) is 6.90. The zero-order valence-electron chi connectivity index (χ0n) is 15.7. The molecule has 0 spiro atoms. The van der Waals surface area contributed by atoms with Gasteiger partial charge < -0.3 is 10.1 Å². The van der Waals surface area contributed by atoms with Crippen LogP contribution in [0.25, 0.3) is 33.4 Å². The molecule has 4 aromatic rings. The molecule has 0 amide bonds. The third-order valence-corrected chi connectivity index (χ3v) is 4.61. The highest BCUT2D eigenvalue weighted by atomic mass is 16.4. The molecule has 0 atom stereocenters. The Labute approximate surface area is 165 Å². The van der Waals surface area contributed by atoms with Gasteiger partial charge >= 0.3 is 5.97 Å². The summed E-state index contributed by atoms with van der Waals surface area (Å²) < 4.78 is 0. The second kappa shape index (κ2) is 7.69. The highest BCUT2D eigenvalue weighted by Crippen LogP contribution is 2.25. The summed E-state index contributed by atoms with van der Waals surface area (Å²) in [5.41, 5.74) is 4.27. The van der Waals surface area contributed by atoms with Crippen molar-refractivity contribution in [2.24, 2.45) is 0 Å². The molecule has 0 saturated heterocycles. The number of fused-ring (bicyclic) bond motifs is 1. The van der Waals surface area contributed by atoms with E-state index in [1.807, 2.05) is 36.4 Å². The van der Waals surface area contributed by atoms with E-state index >= 15 is 0 Å². The van der Waals surface area contributed by atoms with Crippen LogP contribution in [0.3, 0.4) is 0 Å². The first kappa shape index (κ1) is 18.6. The van der Waals surface area contributed by atoms with Crippen LogP contribution in [0.15, 0.2) is 59.7 Å². The van der Waals surface area contributed by atoms with Gasteiger partial charge in [0.25, 0.3) is 5.56 Å². The van der Waals surface area contributed by atoms with Crippen LogP contribution in [0.5, 0.6) is 0 Å². The largest absolute Gasteiger partial charge is 0.480 e. The van der Waals surface area contributed by atoms with Crippen LogP contribution in [-0.4, -0.2) is 49.7 Å². The van der Waals surface area contributed by atoms with E-state index in [-0.39, 0.29) is 12.1 Å². The maximum atomic E-state index is 12.4. The van der Waals surface area contributed by atoms with Crippen molar-refractivity contribution in [1.29, 1.82) is 0 Å². The van der Waals surface area contributed by atoms with E-state index in [4.69, 9.17) is 5.11 Å². The van der Waals surface area contributed by atoms with E-state index < -0.39 is 5.97 Å². The van der Waals surface area contributed by atoms with Gasteiger partial charge in [-0.2, -0.15) is 5.10 Å². The minimum absolute atomic E-state index is 0.0296. The Morgan fingerprint density at radius 3 is 2.69 bits per heavy atom. The Morgan fingerprint density at radius 1 is 1.14 bits per heavy atom. The minimum atomic E-state index is -0.863. The van der Waals surface area contributed by atoms with E-state index in [1.54, 1.807) is 30.4 Å². The Kier molecular flexibility index (Phi) is 4.92. The minimum Gasteiger partial charge on any atom is -0.480 e. The van der Waals surface area contributed by atoms with E-state index in [0.29, 0.717) is 23.5 Å². The van der Waals surface area contributed by atoms with E-state index in [9.17, 15) is 9.59 Å². The molecule has 29 heavy (non-hydrogen) atoms. The predicted octanol–water partition coefficient (Wildman–Crippen LogP) is 2.50. The number of aliphatic carboxylic acids is 1. The Hall–Kier alpha value is -3.78. The van der Waals surface area contributed by atoms with Gasteiger partial charge in [-0.3, -0.25) is 19.5 Å². The van der Waals surface area contributed by atoms with Gasteiger partial charge in [-0.15, -0.1) is 0 Å². The fourth-order valence-electron chi connectivity index (χ4n) is 3.29. The summed E-state index contributed by atoms with van der Waals surface area (Å²) >= 11 is 0. The molecule has 0 aliphatic rings. The molecular weight excluding hydrogens is 370 g/mol. The molecule has 0 aliphatic heterocycles. The molecule has 0 aliphatic carbocycles. The van der Waals surface area contributed by atoms with Crippen molar-refractivity contribution >= 4 is 16.9 Å². The number of benzene rings is 1. The number of likely N-dealkylation sites (N-methyl/N-ethyl adjacent to an activating group) is 1. The van der Waals surface area contributed by atoms with Crippen LogP contribution in [0.1, 0.15) is 5.56 Å². The van der Waals surface area contributed by atoms with Crippen molar-refractivity contribution in [3.05, 3.63) is 70.8 Å². The molecule has 8 heteroatoms. The van der Waals surface area contributed by atoms with Gasteiger partial charge in [0.05, 0.1) is 23.5 Å². The summed E-state index contributed by atoms with van der Waals surface area (Å²) in [7, 11) is 1.76. The van der Waals surface area contributed by atoms with Crippen molar-refractivity contribution in [3.8, 4) is 22.5 Å². The first-order valence-corrected chi connectivity index (χ1v) is 9.02. The molecule has 3 heterocycles. The average Bonchev–Trinajstić information content (AvgIpc) is 3.11. The fourth-order valence-corrected chi connectivity index (χ4v) is 3.29. The first-order valence-electron chi connectivity index (χ1n) is 9.02. The van der Waals surface area contributed by atoms with Gasteiger partial charge in [0.15, 0.2) is 0 Å². The quantitative estimate of drug-likeness (QED) is 0.467. The number of rotatable bonds is 6. The summed E-state index contributed by atoms with van der Waals surface area (Å²) in [4.78, 5) is 32.2. The number of aromatic nitrogens is 4. The molecule has 0 saturated carbocycles. The highest BCUT2D eigenvalue weighted by Gasteiger charge is 2.12. The van der Waals surface area contributed by atoms with Crippen LogP contribution in [0, 0.1) is 0 Å². The predicted molar refractivity (Wildman–Crippen MR) is 109 cm³/mol. The Morgan fingerprint density at radius 2 is 1.93 bits per heavy atom. The molecule has 146 valence electrons. The van der Waals surface area contributed by atoms with Gasteiger partial charge in [0.2, 0.25) is 0 Å². The molecule has 0 radical (unpaired) electrons. The Balaban J connectivity index is 1.68. The summed E-state index contributed by atoms with van der Waals surface area (Å²) in [5.74, 6) is -0.863. The van der Waals surface area contributed by atoms with Crippen LogP contribution in [-0.2, 0) is 11.3 Å². The lowest BCUT2D eigenvalue weighted by atomic mass is 10.1. The summed E-state index contributed by atoms with van der Waals surface area (Å²) in [5, 5.41) is 16.6. The number of carbonyl (C=O) groups is 1. The maximum Gasteiger partial charge on any atom is 0.317 e. The van der Waals surface area contributed by atoms with Crippen LogP contribution < -0.4 is 5.56 Å². The second-order valence-electron chi connectivity index (χ2n) is 6.90. The van der Waals surface area contributed by atoms with Crippen LogP contribution >= 0.6 is 0 Å². The average molecular weight is 389 g/mol. The van der Waals surface area contributed by atoms with Gasteiger partial charge in [0, 0.05) is 35.4 Å². The monoisotopic (exact) mass is 389 g/mol. The number of H-pyrrole nitrogens is 2. The van der Waals surface area contributed by atoms with Crippen molar-refractivity contribution in [2.75, 3.05) is 13.6 Å². The number of nitrogens with one attached hydrogen (secondary N) is 2. The van der Waals surface area contributed by atoms with Gasteiger partial charge in [-0.1, -0.05) is 12.1 Å². The number of carboxylic acids is 1. The zero-order valence-corrected chi connectivity index (χ0v) is 15.7. The molecule has 1 aromatic carbocycles. The van der Waals surface area contributed by atoms with E-state index in [2.05, 4.69) is 20.2 Å². The molecule has 0 fully saturated rings. The van der Waals surface area contributed by atoms with Gasteiger partial charge in [0.1, 0.15) is 0 Å². The topological polar surface area (TPSA) is 115 Å². The summed E-state index contributed by atoms with van der Waals surface area (Å²) in [6, 6.07) is 13.2. The number of hydrogen-bond donors (Lipinski definition) is 3. The summed E-state index contributed by atoms with van der Waals surface area (Å²) in [6.07, 6.45) is 3.35. The highest BCUT2D eigenvalue weighted by molar-refractivity contribution is 5.86. The molecule has 4 rings (SSSR count). The van der Waals surface area contributed by atoms with Crippen LogP contribution in [0.4, 0.5) is 0 Å². The maximum absolute atomic E-state index is 12.4. The van der Waals surface area contributed by atoms with Gasteiger partial charge in [-0.05, 0) is 42.9 Å².